The Balaban J connectivity index is 2.66. The largest absolute Gasteiger partial charge is 0.396 e. The number of anilines is 1. The Bertz CT molecular complexity index is 342. The number of nitrogens with zero attached hydrogens (tertiary/aromatic N) is 1. The van der Waals surface area contributed by atoms with Gasteiger partial charge < -0.3 is 10.4 Å². The molecule has 0 atom stereocenters. The van der Waals surface area contributed by atoms with Crippen molar-refractivity contribution in [1.29, 1.82) is 0 Å². The van der Waals surface area contributed by atoms with Crippen LogP contribution < -0.4 is 5.32 Å². The van der Waals surface area contributed by atoms with Crippen LogP contribution >= 0.6 is 23.2 Å². The number of hydrogen-bond donors (Lipinski definition) is 2. The van der Waals surface area contributed by atoms with Gasteiger partial charge in [0.05, 0.1) is 10.0 Å². The molecule has 0 saturated carbocycles. The predicted octanol–water partition coefficient (Wildman–Crippen LogP) is 2.82. The fourth-order valence-corrected chi connectivity index (χ4v) is 1.37. The van der Waals surface area contributed by atoms with Crippen LogP contribution in [0.4, 0.5) is 5.82 Å². The van der Waals surface area contributed by atoms with Gasteiger partial charge in [0.2, 0.25) is 0 Å². The van der Waals surface area contributed by atoms with Crippen molar-refractivity contribution in [3.63, 3.8) is 0 Å². The average molecular weight is 249 g/mol. The van der Waals surface area contributed by atoms with Gasteiger partial charge >= 0.3 is 0 Å². The van der Waals surface area contributed by atoms with E-state index < -0.39 is 0 Å². The molecule has 1 rings (SSSR count). The molecule has 2 N–H and O–H groups in total. The van der Waals surface area contributed by atoms with E-state index in [1.807, 2.05) is 13.8 Å². The zero-order chi connectivity index (χ0) is 11.5. The number of rotatable bonds is 4. The molecule has 0 aliphatic rings. The molecule has 0 unspecified atom stereocenters. The lowest BCUT2D eigenvalue weighted by Gasteiger charge is -2.22. The van der Waals surface area contributed by atoms with E-state index in [0.29, 0.717) is 22.4 Å². The summed E-state index contributed by atoms with van der Waals surface area (Å²) in [4.78, 5) is 4.06. The van der Waals surface area contributed by atoms with Crippen molar-refractivity contribution >= 4 is 29.0 Å². The van der Waals surface area contributed by atoms with E-state index in [4.69, 9.17) is 28.3 Å². The van der Waals surface area contributed by atoms with Crippen LogP contribution in [0.5, 0.6) is 0 Å². The summed E-state index contributed by atoms with van der Waals surface area (Å²) in [6.45, 7) is 4.59. The number of aliphatic hydroxyl groups is 1. The summed E-state index contributed by atoms with van der Waals surface area (Å²) < 4.78 is 0. The molecule has 1 heterocycles. The molecule has 0 aliphatic heterocycles. The highest BCUT2D eigenvalue weighted by Crippen LogP contribution is 2.24. The Morgan fingerprint density at radius 2 is 2.13 bits per heavy atom. The van der Waals surface area contributed by atoms with E-state index in [0.717, 1.165) is 0 Å². The molecule has 84 valence electrons. The van der Waals surface area contributed by atoms with E-state index in [1.54, 1.807) is 6.07 Å². The Morgan fingerprint density at radius 3 is 2.67 bits per heavy atom. The van der Waals surface area contributed by atoms with Crippen LogP contribution in [0.25, 0.3) is 0 Å². The Labute approximate surface area is 99.4 Å². The number of nitrogens with one attached hydrogen (secondary N) is 1. The molecule has 0 amide bonds. The molecular weight excluding hydrogens is 235 g/mol. The normalized spacial score (nSPS) is 11.5. The minimum atomic E-state index is -0.204. The van der Waals surface area contributed by atoms with Crippen LogP contribution in [-0.2, 0) is 0 Å². The maximum Gasteiger partial charge on any atom is 0.144 e. The minimum absolute atomic E-state index is 0.102. The van der Waals surface area contributed by atoms with Crippen molar-refractivity contribution in [2.24, 2.45) is 5.41 Å². The van der Waals surface area contributed by atoms with Crippen LogP contribution in [0.3, 0.4) is 0 Å². The van der Waals surface area contributed by atoms with Gasteiger partial charge in [-0.2, -0.15) is 0 Å². The molecule has 3 nitrogen and oxygen atoms in total. The van der Waals surface area contributed by atoms with Gasteiger partial charge in [0.25, 0.3) is 0 Å². The highest BCUT2D eigenvalue weighted by Gasteiger charge is 2.16. The summed E-state index contributed by atoms with van der Waals surface area (Å²) >= 11 is 11.6. The topological polar surface area (TPSA) is 45.1 Å². The van der Waals surface area contributed by atoms with Gasteiger partial charge in [-0.15, -0.1) is 0 Å². The standard InChI is InChI=1S/C10H14Cl2N2O/c1-10(2,6-15)5-14-9-8(12)3-7(11)4-13-9/h3-4,15H,5-6H2,1-2H3,(H,13,14). The summed E-state index contributed by atoms with van der Waals surface area (Å²) in [5.41, 5.74) is -0.204. The highest BCUT2D eigenvalue weighted by molar-refractivity contribution is 6.35. The Kier molecular flexibility index (Phi) is 4.20. The molecule has 0 fully saturated rings. The summed E-state index contributed by atoms with van der Waals surface area (Å²) in [5, 5.41) is 13.1. The molecule has 0 bridgehead atoms. The van der Waals surface area contributed by atoms with Crippen molar-refractivity contribution in [2.45, 2.75) is 13.8 Å². The van der Waals surface area contributed by atoms with Gasteiger partial charge in [-0.1, -0.05) is 37.0 Å². The SMILES string of the molecule is CC(C)(CO)CNc1ncc(Cl)cc1Cl. The van der Waals surface area contributed by atoms with Gasteiger partial charge in [0, 0.05) is 24.8 Å². The molecular formula is C10H14Cl2N2O. The van der Waals surface area contributed by atoms with Crippen LogP contribution in [0.2, 0.25) is 10.0 Å². The zero-order valence-electron chi connectivity index (χ0n) is 8.72. The van der Waals surface area contributed by atoms with Gasteiger partial charge in [-0.3, -0.25) is 0 Å². The quantitative estimate of drug-likeness (QED) is 0.862. The summed E-state index contributed by atoms with van der Waals surface area (Å²) in [6.07, 6.45) is 1.53. The van der Waals surface area contributed by atoms with Crippen molar-refractivity contribution in [2.75, 3.05) is 18.5 Å². The first-order valence-electron chi connectivity index (χ1n) is 4.60. The lowest BCUT2D eigenvalue weighted by molar-refractivity contribution is 0.170. The van der Waals surface area contributed by atoms with Crippen molar-refractivity contribution in [3.8, 4) is 0 Å². The number of halogens is 2. The first-order chi connectivity index (χ1) is 6.94. The van der Waals surface area contributed by atoms with E-state index in [1.165, 1.54) is 6.20 Å². The summed E-state index contributed by atoms with van der Waals surface area (Å²) in [5.74, 6) is 0.586. The third-order valence-electron chi connectivity index (χ3n) is 1.97. The van der Waals surface area contributed by atoms with E-state index >= 15 is 0 Å². The van der Waals surface area contributed by atoms with Gasteiger partial charge in [0.15, 0.2) is 0 Å². The molecule has 5 heteroatoms. The monoisotopic (exact) mass is 248 g/mol. The molecule has 0 aromatic carbocycles. The zero-order valence-corrected chi connectivity index (χ0v) is 10.2. The lowest BCUT2D eigenvalue weighted by atomic mass is 9.95. The Morgan fingerprint density at radius 1 is 1.47 bits per heavy atom. The molecule has 0 aliphatic carbocycles. The molecule has 1 aromatic rings. The first kappa shape index (κ1) is 12.6. The molecule has 0 spiro atoms. The highest BCUT2D eigenvalue weighted by atomic mass is 35.5. The number of aromatic nitrogens is 1. The van der Waals surface area contributed by atoms with Crippen LogP contribution in [0.15, 0.2) is 12.3 Å². The second kappa shape index (κ2) is 5.01. The van der Waals surface area contributed by atoms with Crippen LogP contribution in [0.1, 0.15) is 13.8 Å². The second-order valence-corrected chi connectivity index (χ2v) is 5.00. The molecule has 0 saturated heterocycles. The summed E-state index contributed by atoms with van der Waals surface area (Å²) in [7, 11) is 0. The smallest absolute Gasteiger partial charge is 0.144 e. The van der Waals surface area contributed by atoms with Crippen molar-refractivity contribution in [1.82, 2.24) is 4.98 Å². The molecule has 15 heavy (non-hydrogen) atoms. The van der Waals surface area contributed by atoms with Gasteiger partial charge in [-0.05, 0) is 6.07 Å². The predicted molar refractivity (Wildman–Crippen MR) is 63.6 cm³/mol. The minimum Gasteiger partial charge on any atom is -0.396 e. The van der Waals surface area contributed by atoms with Crippen LogP contribution in [-0.4, -0.2) is 23.2 Å². The average Bonchev–Trinajstić information content (AvgIpc) is 2.16. The van der Waals surface area contributed by atoms with E-state index in [9.17, 15) is 0 Å². The van der Waals surface area contributed by atoms with E-state index in [2.05, 4.69) is 10.3 Å². The van der Waals surface area contributed by atoms with Crippen molar-refractivity contribution in [3.05, 3.63) is 22.3 Å². The fraction of sp³-hybridized carbons (Fsp3) is 0.500. The van der Waals surface area contributed by atoms with Gasteiger partial charge in [-0.25, -0.2) is 4.98 Å². The summed E-state index contributed by atoms with van der Waals surface area (Å²) in [6, 6.07) is 1.63. The first-order valence-corrected chi connectivity index (χ1v) is 5.36. The maximum atomic E-state index is 9.07. The maximum absolute atomic E-state index is 9.07. The van der Waals surface area contributed by atoms with Gasteiger partial charge in [0.1, 0.15) is 5.82 Å². The lowest BCUT2D eigenvalue weighted by Crippen LogP contribution is -2.27. The number of pyridine rings is 1. The Hall–Kier alpha value is -0.510. The van der Waals surface area contributed by atoms with Crippen LogP contribution in [0, 0.1) is 5.41 Å². The van der Waals surface area contributed by atoms with E-state index in [-0.39, 0.29) is 12.0 Å². The fourth-order valence-electron chi connectivity index (χ4n) is 0.924. The second-order valence-electron chi connectivity index (χ2n) is 4.16. The molecule has 0 radical (unpaired) electrons. The molecule has 1 aromatic heterocycles. The third-order valence-corrected chi connectivity index (χ3v) is 2.47. The number of aliphatic hydroxyl groups excluding tert-OH is 1. The number of hydrogen-bond acceptors (Lipinski definition) is 3. The van der Waals surface area contributed by atoms with Crippen molar-refractivity contribution < 1.29 is 5.11 Å². The third kappa shape index (κ3) is 3.86.